The topological polar surface area (TPSA) is 34.2 Å². The van der Waals surface area contributed by atoms with E-state index in [9.17, 15) is 0 Å². The second-order valence-corrected chi connectivity index (χ2v) is 4.25. The van der Waals surface area contributed by atoms with Gasteiger partial charge in [0.2, 0.25) is 0 Å². The van der Waals surface area contributed by atoms with E-state index in [1.807, 2.05) is 31.3 Å². The standard InChI is InChI=1S/C15H18N2O/c1-11-6-4-8-14(12(11)2)18-10-13-7-5-9-17-15(13)16-3/h4-9H,10H2,1-3H3,(H,16,17). The maximum Gasteiger partial charge on any atom is 0.132 e. The maximum absolute atomic E-state index is 5.87. The molecule has 0 aliphatic carbocycles. The molecule has 0 unspecified atom stereocenters. The van der Waals surface area contributed by atoms with Gasteiger partial charge >= 0.3 is 0 Å². The molecule has 0 saturated heterocycles. The molecule has 1 N–H and O–H groups in total. The van der Waals surface area contributed by atoms with Gasteiger partial charge < -0.3 is 10.1 Å². The van der Waals surface area contributed by atoms with Gasteiger partial charge in [0, 0.05) is 18.8 Å². The molecule has 0 bridgehead atoms. The summed E-state index contributed by atoms with van der Waals surface area (Å²) >= 11 is 0. The Kier molecular flexibility index (Phi) is 3.82. The summed E-state index contributed by atoms with van der Waals surface area (Å²) in [6.07, 6.45) is 1.77. The number of rotatable bonds is 4. The lowest BCUT2D eigenvalue weighted by atomic mass is 10.1. The number of nitrogens with zero attached hydrogens (tertiary/aromatic N) is 1. The third kappa shape index (κ3) is 2.62. The first-order valence-corrected chi connectivity index (χ1v) is 6.03. The zero-order valence-corrected chi connectivity index (χ0v) is 11.0. The van der Waals surface area contributed by atoms with Crippen LogP contribution in [0.4, 0.5) is 5.82 Å². The smallest absolute Gasteiger partial charge is 0.132 e. The Bertz CT molecular complexity index is 538. The Hall–Kier alpha value is -2.03. The van der Waals surface area contributed by atoms with Crippen molar-refractivity contribution in [1.82, 2.24) is 4.98 Å². The van der Waals surface area contributed by atoms with Gasteiger partial charge in [0.1, 0.15) is 18.2 Å². The molecule has 3 heteroatoms. The first-order valence-electron chi connectivity index (χ1n) is 6.03. The average molecular weight is 242 g/mol. The molecule has 0 fully saturated rings. The summed E-state index contributed by atoms with van der Waals surface area (Å²) in [5.41, 5.74) is 3.49. The molecule has 0 spiro atoms. The van der Waals surface area contributed by atoms with Crippen LogP contribution >= 0.6 is 0 Å². The molecule has 1 aromatic heterocycles. The molecular formula is C15H18N2O. The van der Waals surface area contributed by atoms with E-state index >= 15 is 0 Å². The lowest BCUT2D eigenvalue weighted by Gasteiger charge is -2.12. The number of pyridine rings is 1. The number of aryl methyl sites for hydroxylation is 1. The minimum Gasteiger partial charge on any atom is -0.488 e. The van der Waals surface area contributed by atoms with Crippen LogP contribution in [0, 0.1) is 13.8 Å². The van der Waals surface area contributed by atoms with Gasteiger partial charge in [0.05, 0.1) is 0 Å². The highest BCUT2D eigenvalue weighted by Gasteiger charge is 2.05. The SMILES string of the molecule is CNc1ncccc1COc1cccc(C)c1C. The first-order chi connectivity index (χ1) is 8.72. The summed E-state index contributed by atoms with van der Waals surface area (Å²) in [7, 11) is 1.86. The molecule has 1 heterocycles. The van der Waals surface area contributed by atoms with Gasteiger partial charge in [-0.2, -0.15) is 0 Å². The van der Waals surface area contributed by atoms with E-state index < -0.39 is 0 Å². The zero-order valence-electron chi connectivity index (χ0n) is 11.0. The Morgan fingerprint density at radius 3 is 2.78 bits per heavy atom. The van der Waals surface area contributed by atoms with Crippen LogP contribution in [0.2, 0.25) is 0 Å². The van der Waals surface area contributed by atoms with Crippen molar-refractivity contribution in [3.63, 3.8) is 0 Å². The van der Waals surface area contributed by atoms with Crippen molar-refractivity contribution < 1.29 is 4.74 Å². The highest BCUT2D eigenvalue weighted by atomic mass is 16.5. The van der Waals surface area contributed by atoms with Crippen molar-refractivity contribution in [2.75, 3.05) is 12.4 Å². The monoisotopic (exact) mass is 242 g/mol. The fraction of sp³-hybridized carbons (Fsp3) is 0.267. The summed E-state index contributed by atoms with van der Waals surface area (Å²) in [6.45, 7) is 4.69. The largest absolute Gasteiger partial charge is 0.488 e. The fourth-order valence-corrected chi connectivity index (χ4v) is 1.82. The van der Waals surface area contributed by atoms with Gasteiger partial charge in [-0.05, 0) is 37.1 Å². The molecule has 0 radical (unpaired) electrons. The van der Waals surface area contributed by atoms with Crippen LogP contribution in [-0.4, -0.2) is 12.0 Å². The summed E-state index contributed by atoms with van der Waals surface area (Å²) in [5, 5.41) is 3.07. The summed E-state index contributed by atoms with van der Waals surface area (Å²) in [6, 6.07) is 10.0. The van der Waals surface area contributed by atoms with Crippen molar-refractivity contribution in [1.29, 1.82) is 0 Å². The van der Waals surface area contributed by atoms with E-state index in [0.717, 1.165) is 17.1 Å². The lowest BCUT2D eigenvalue weighted by molar-refractivity contribution is 0.304. The predicted molar refractivity (Wildman–Crippen MR) is 74.0 cm³/mol. The van der Waals surface area contributed by atoms with Gasteiger partial charge in [-0.1, -0.05) is 18.2 Å². The van der Waals surface area contributed by atoms with Crippen LogP contribution in [0.15, 0.2) is 36.5 Å². The molecule has 0 aliphatic rings. The molecule has 2 rings (SSSR count). The van der Waals surface area contributed by atoms with Gasteiger partial charge in [0.25, 0.3) is 0 Å². The highest BCUT2D eigenvalue weighted by molar-refractivity contribution is 5.43. The molecule has 18 heavy (non-hydrogen) atoms. The molecule has 0 atom stereocenters. The zero-order chi connectivity index (χ0) is 13.0. The van der Waals surface area contributed by atoms with Crippen molar-refractivity contribution in [2.24, 2.45) is 0 Å². The van der Waals surface area contributed by atoms with Crippen LogP contribution in [0.25, 0.3) is 0 Å². The number of hydrogen-bond donors (Lipinski definition) is 1. The number of anilines is 1. The Balaban J connectivity index is 2.14. The number of nitrogens with one attached hydrogen (secondary N) is 1. The number of benzene rings is 1. The van der Waals surface area contributed by atoms with E-state index in [2.05, 4.69) is 30.2 Å². The van der Waals surface area contributed by atoms with E-state index in [1.165, 1.54) is 11.1 Å². The van der Waals surface area contributed by atoms with Crippen LogP contribution in [-0.2, 0) is 6.61 Å². The fourth-order valence-electron chi connectivity index (χ4n) is 1.82. The van der Waals surface area contributed by atoms with Gasteiger partial charge in [0.15, 0.2) is 0 Å². The van der Waals surface area contributed by atoms with E-state index in [1.54, 1.807) is 6.20 Å². The summed E-state index contributed by atoms with van der Waals surface area (Å²) in [5.74, 6) is 1.80. The van der Waals surface area contributed by atoms with E-state index in [-0.39, 0.29) is 0 Å². The molecule has 3 nitrogen and oxygen atoms in total. The number of hydrogen-bond acceptors (Lipinski definition) is 3. The molecule has 94 valence electrons. The third-order valence-electron chi connectivity index (χ3n) is 3.07. The second-order valence-electron chi connectivity index (χ2n) is 4.25. The Morgan fingerprint density at radius 1 is 1.17 bits per heavy atom. The quantitative estimate of drug-likeness (QED) is 0.893. The van der Waals surface area contributed by atoms with Crippen LogP contribution in [0.3, 0.4) is 0 Å². The van der Waals surface area contributed by atoms with Gasteiger partial charge in [-0.25, -0.2) is 4.98 Å². The third-order valence-corrected chi connectivity index (χ3v) is 3.07. The predicted octanol–water partition coefficient (Wildman–Crippen LogP) is 3.32. The molecule has 2 aromatic rings. The Morgan fingerprint density at radius 2 is 2.00 bits per heavy atom. The van der Waals surface area contributed by atoms with Gasteiger partial charge in [-0.15, -0.1) is 0 Å². The second kappa shape index (κ2) is 5.54. The molecule has 1 aromatic carbocycles. The van der Waals surface area contributed by atoms with Crippen LogP contribution in [0.1, 0.15) is 16.7 Å². The van der Waals surface area contributed by atoms with Gasteiger partial charge in [-0.3, -0.25) is 0 Å². The van der Waals surface area contributed by atoms with E-state index in [4.69, 9.17) is 4.74 Å². The van der Waals surface area contributed by atoms with Crippen LogP contribution in [0.5, 0.6) is 5.75 Å². The normalized spacial score (nSPS) is 10.2. The average Bonchev–Trinajstić information content (AvgIpc) is 2.41. The van der Waals surface area contributed by atoms with E-state index in [0.29, 0.717) is 6.61 Å². The number of ether oxygens (including phenoxy) is 1. The van der Waals surface area contributed by atoms with Crippen molar-refractivity contribution in [3.8, 4) is 5.75 Å². The Labute approximate surface area is 108 Å². The maximum atomic E-state index is 5.87. The summed E-state index contributed by atoms with van der Waals surface area (Å²) < 4.78 is 5.87. The minimum atomic E-state index is 0.522. The van der Waals surface area contributed by atoms with Crippen molar-refractivity contribution in [2.45, 2.75) is 20.5 Å². The minimum absolute atomic E-state index is 0.522. The van der Waals surface area contributed by atoms with Crippen molar-refractivity contribution in [3.05, 3.63) is 53.2 Å². The van der Waals surface area contributed by atoms with Crippen molar-refractivity contribution >= 4 is 5.82 Å². The first kappa shape index (κ1) is 12.4. The summed E-state index contributed by atoms with van der Waals surface area (Å²) in [4.78, 5) is 4.26. The molecule has 0 aliphatic heterocycles. The van der Waals surface area contributed by atoms with Crippen LogP contribution < -0.4 is 10.1 Å². The molecular weight excluding hydrogens is 224 g/mol. The molecule has 0 saturated carbocycles. The number of aromatic nitrogens is 1. The lowest BCUT2D eigenvalue weighted by Crippen LogP contribution is -2.03. The highest BCUT2D eigenvalue weighted by Crippen LogP contribution is 2.22. The molecule has 0 amide bonds.